The molecule has 0 spiro atoms. The highest BCUT2D eigenvalue weighted by Gasteiger charge is 2.24. The van der Waals surface area contributed by atoms with E-state index in [1.165, 1.54) is 5.56 Å². The molecular weight excluding hydrogens is 338 g/mol. The Bertz CT molecular complexity index is 1180. The molecule has 3 heterocycles. The average molecular weight is 355 g/mol. The van der Waals surface area contributed by atoms with E-state index in [0.717, 1.165) is 45.9 Å². The van der Waals surface area contributed by atoms with Crippen molar-refractivity contribution in [3.63, 3.8) is 0 Å². The van der Waals surface area contributed by atoms with Crippen molar-refractivity contribution >= 4 is 0 Å². The third kappa shape index (κ3) is 2.34. The summed E-state index contributed by atoms with van der Waals surface area (Å²) in [4.78, 5) is 0. The molecule has 0 fully saturated rings. The first-order valence-electron chi connectivity index (χ1n) is 8.88. The number of pyridine rings is 1. The van der Waals surface area contributed by atoms with Crippen molar-refractivity contribution in [3.8, 4) is 40.0 Å². The normalized spacial score (nSPS) is 13.6. The number of benzene rings is 2. The second-order valence-electron chi connectivity index (χ2n) is 6.91. The Hall–Kier alpha value is -3.52. The van der Waals surface area contributed by atoms with Gasteiger partial charge in [0.1, 0.15) is 17.1 Å². The van der Waals surface area contributed by atoms with Gasteiger partial charge in [-0.15, -0.1) is 0 Å². The molecule has 5 heteroatoms. The van der Waals surface area contributed by atoms with Crippen LogP contribution in [0, 0.1) is 23.7 Å². The Kier molecular flexibility index (Phi) is 3.34. The lowest BCUT2D eigenvalue weighted by atomic mass is 9.92. The van der Waals surface area contributed by atoms with Crippen LogP contribution in [0.3, 0.4) is 0 Å². The number of hydrogen-bond acceptors (Lipinski definition) is 4. The molecule has 1 N–H and O–H groups in total. The summed E-state index contributed by atoms with van der Waals surface area (Å²) in [6.07, 6.45) is 0.796. The third-order valence-corrected chi connectivity index (χ3v) is 5.30. The lowest BCUT2D eigenvalue weighted by molar-refractivity contribution is 0.174. The van der Waals surface area contributed by atoms with Crippen molar-refractivity contribution < 1.29 is 9.47 Å². The summed E-state index contributed by atoms with van der Waals surface area (Å²) in [6.45, 7) is 2.94. The zero-order valence-electron chi connectivity index (χ0n) is 14.9. The molecule has 3 aromatic rings. The Balaban J connectivity index is 1.79. The second kappa shape index (κ2) is 5.75. The minimum atomic E-state index is 0.240. The van der Waals surface area contributed by atoms with Gasteiger partial charge in [-0.25, -0.2) is 0 Å². The fourth-order valence-corrected chi connectivity index (χ4v) is 3.86. The minimum absolute atomic E-state index is 0.240. The number of aromatic nitrogens is 1. The van der Waals surface area contributed by atoms with Gasteiger partial charge in [0.2, 0.25) is 6.79 Å². The number of hydrogen-bond donors (Lipinski definition) is 1. The molecular formula is C22H17N3O2. The third-order valence-electron chi connectivity index (χ3n) is 5.30. The quantitative estimate of drug-likeness (QED) is 0.722. The molecule has 2 aliphatic rings. The lowest BCUT2D eigenvalue weighted by Gasteiger charge is -2.24. The number of ether oxygens (including phenoxy) is 2. The van der Waals surface area contributed by atoms with Crippen molar-refractivity contribution in [2.75, 3.05) is 6.79 Å². The number of nitriles is 1. The van der Waals surface area contributed by atoms with E-state index in [1.54, 1.807) is 0 Å². The summed E-state index contributed by atoms with van der Waals surface area (Å²) in [6, 6.07) is 16.4. The first-order valence-corrected chi connectivity index (χ1v) is 8.88. The summed E-state index contributed by atoms with van der Waals surface area (Å²) in [5, 5.41) is 18.4. The number of fused-ring (bicyclic) bond motifs is 4. The molecule has 132 valence electrons. The molecule has 0 bridgehead atoms. The Labute approximate surface area is 156 Å². The number of nitrogens with one attached hydrogen (secondary N) is 1. The maximum atomic E-state index is 9.72. The van der Waals surface area contributed by atoms with Crippen molar-refractivity contribution in [1.29, 1.82) is 10.7 Å². The van der Waals surface area contributed by atoms with E-state index >= 15 is 0 Å². The molecule has 0 saturated heterocycles. The van der Waals surface area contributed by atoms with Gasteiger partial charge in [0.15, 0.2) is 11.5 Å². The van der Waals surface area contributed by atoms with Crippen LogP contribution < -0.4 is 15.0 Å². The van der Waals surface area contributed by atoms with Gasteiger partial charge < -0.3 is 14.0 Å². The molecule has 0 radical (unpaired) electrons. The molecule has 0 aliphatic carbocycles. The fraction of sp³-hybridized carbons (Fsp3) is 0.182. The fourth-order valence-electron chi connectivity index (χ4n) is 3.86. The molecule has 0 atom stereocenters. The maximum absolute atomic E-state index is 9.72. The molecule has 27 heavy (non-hydrogen) atoms. The van der Waals surface area contributed by atoms with Crippen molar-refractivity contribution in [3.05, 3.63) is 64.6 Å². The van der Waals surface area contributed by atoms with Gasteiger partial charge in [-0.2, -0.15) is 5.26 Å². The van der Waals surface area contributed by atoms with Crippen LogP contribution in [0.25, 0.3) is 22.4 Å². The molecule has 1 aromatic heterocycles. The summed E-state index contributed by atoms with van der Waals surface area (Å²) >= 11 is 0. The monoisotopic (exact) mass is 355 g/mol. The Morgan fingerprint density at radius 3 is 2.52 bits per heavy atom. The highest BCUT2D eigenvalue weighted by atomic mass is 16.7. The molecule has 0 unspecified atom stereocenters. The second-order valence-corrected chi connectivity index (χ2v) is 6.91. The van der Waals surface area contributed by atoms with E-state index in [2.05, 4.69) is 6.07 Å². The molecule has 2 aromatic carbocycles. The predicted molar refractivity (Wildman–Crippen MR) is 100 cm³/mol. The molecule has 5 nitrogen and oxygen atoms in total. The van der Waals surface area contributed by atoms with Crippen LogP contribution in [-0.2, 0) is 13.0 Å². The summed E-state index contributed by atoms with van der Waals surface area (Å²) in [5.74, 6) is 1.51. The van der Waals surface area contributed by atoms with Crippen LogP contribution in [-0.4, -0.2) is 11.4 Å². The van der Waals surface area contributed by atoms with Gasteiger partial charge in [-0.1, -0.05) is 29.8 Å². The molecule has 0 amide bonds. The minimum Gasteiger partial charge on any atom is -0.454 e. The first-order chi connectivity index (χ1) is 13.2. The van der Waals surface area contributed by atoms with Crippen LogP contribution in [0.4, 0.5) is 0 Å². The van der Waals surface area contributed by atoms with Crippen molar-refractivity contribution in [2.24, 2.45) is 0 Å². The summed E-state index contributed by atoms with van der Waals surface area (Å²) < 4.78 is 13.0. The van der Waals surface area contributed by atoms with Gasteiger partial charge >= 0.3 is 0 Å². The summed E-state index contributed by atoms with van der Waals surface area (Å²) in [5.41, 5.74) is 6.72. The largest absolute Gasteiger partial charge is 0.454 e. The van der Waals surface area contributed by atoms with Crippen molar-refractivity contribution in [1.82, 2.24) is 4.57 Å². The van der Waals surface area contributed by atoms with E-state index in [-0.39, 0.29) is 12.3 Å². The highest BCUT2D eigenvalue weighted by molar-refractivity contribution is 5.78. The summed E-state index contributed by atoms with van der Waals surface area (Å²) in [7, 11) is 0. The highest BCUT2D eigenvalue weighted by Crippen LogP contribution is 2.41. The van der Waals surface area contributed by atoms with Crippen LogP contribution in [0.5, 0.6) is 11.5 Å². The van der Waals surface area contributed by atoms with Gasteiger partial charge in [0.05, 0.1) is 5.69 Å². The van der Waals surface area contributed by atoms with Crippen molar-refractivity contribution in [2.45, 2.75) is 19.9 Å². The zero-order valence-corrected chi connectivity index (χ0v) is 14.9. The topological polar surface area (TPSA) is 71.0 Å². The van der Waals surface area contributed by atoms with E-state index < -0.39 is 0 Å². The van der Waals surface area contributed by atoms with E-state index in [0.29, 0.717) is 12.1 Å². The Morgan fingerprint density at radius 2 is 1.78 bits per heavy atom. The zero-order chi connectivity index (χ0) is 18.5. The van der Waals surface area contributed by atoms with Gasteiger partial charge in [-0.05, 0) is 42.7 Å². The van der Waals surface area contributed by atoms with E-state index in [9.17, 15) is 5.26 Å². The van der Waals surface area contributed by atoms with Crippen LogP contribution >= 0.6 is 0 Å². The SMILES string of the molecule is Cc1ccc(-c2cc3n(c(=N)c2C#N)CCc2cc4c(cc2-3)OCO4)cc1. The van der Waals surface area contributed by atoms with Gasteiger partial charge in [-0.3, -0.25) is 5.41 Å². The predicted octanol–water partition coefficient (Wildman–Crippen LogP) is 3.77. The van der Waals surface area contributed by atoms with E-state index in [1.807, 2.05) is 54.0 Å². The smallest absolute Gasteiger partial charge is 0.231 e. The first kappa shape index (κ1) is 15.7. The lowest BCUT2D eigenvalue weighted by Crippen LogP contribution is -2.28. The van der Waals surface area contributed by atoms with Gasteiger partial charge in [0.25, 0.3) is 0 Å². The maximum Gasteiger partial charge on any atom is 0.231 e. The Morgan fingerprint density at radius 1 is 1.04 bits per heavy atom. The average Bonchev–Trinajstić information content (AvgIpc) is 3.14. The van der Waals surface area contributed by atoms with Crippen LogP contribution in [0.15, 0.2) is 42.5 Å². The van der Waals surface area contributed by atoms with Gasteiger partial charge in [0, 0.05) is 17.7 Å². The standard InChI is InChI=1S/C22H17N3O2/c1-13-2-4-14(5-3-13)16-9-19-17-10-21-20(26-12-27-21)8-15(17)6-7-25(19)22(24)18(16)11-23/h2-5,8-10,24H,6-7,12H2,1H3. The number of aryl methyl sites for hydroxylation is 2. The van der Waals surface area contributed by atoms with Crippen LogP contribution in [0.1, 0.15) is 16.7 Å². The molecule has 0 saturated carbocycles. The number of rotatable bonds is 1. The van der Waals surface area contributed by atoms with E-state index in [4.69, 9.17) is 14.9 Å². The number of nitrogens with zero attached hydrogens (tertiary/aromatic N) is 2. The molecule has 5 rings (SSSR count). The molecule has 2 aliphatic heterocycles. The van der Waals surface area contributed by atoms with Crippen LogP contribution in [0.2, 0.25) is 0 Å².